The van der Waals surface area contributed by atoms with Crippen LogP contribution >= 0.6 is 0 Å². The van der Waals surface area contributed by atoms with Crippen molar-refractivity contribution < 1.29 is 9.18 Å². The number of aromatic amines is 1. The molecular weight excluding hydrogens is 345 g/mol. The molecule has 1 saturated heterocycles. The van der Waals surface area contributed by atoms with E-state index in [1.165, 1.54) is 30.0 Å². The third-order valence-corrected chi connectivity index (χ3v) is 4.98. The summed E-state index contributed by atoms with van der Waals surface area (Å²) in [5.41, 5.74) is 1.39. The quantitative estimate of drug-likeness (QED) is 0.776. The Bertz CT molecular complexity index is 1020. The highest BCUT2D eigenvalue weighted by Gasteiger charge is 2.24. The van der Waals surface area contributed by atoms with Crippen molar-refractivity contribution in [1.29, 1.82) is 0 Å². The van der Waals surface area contributed by atoms with Crippen LogP contribution in [0.4, 0.5) is 4.39 Å². The summed E-state index contributed by atoms with van der Waals surface area (Å²) in [6, 6.07) is 14.2. The summed E-state index contributed by atoms with van der Waals surface area (Å²) in [6.45, 7) is 3.47. The molecule has 0 unspecified atom stereocenters. The van der Waals surface area contributed by atoms with Gasteiger partial charge >= 0.3 is 0 Å². The third-order valence-electron chi connectivity index (χ3n) is 4.98. The van der Waals surface area contributed by atoms with E-state index in [9.17, 15) is 14.0 Å². The van der Waals surface area contributed by atoms with Crippen molar-refractivity contribution in [3.05, 3.63) is 81.9 Å². The fourth-order valence-corrected chi connectivity index (χ4v) is 3.47. The van der Waals surface area contributed by atoms with Crippen molar-refractivity contribution in [2.75, 3.05) is 26.2 Å². The molecule has 1 fully saturated rings. The van der Waals surface area contributed by atoms with Gasteiger partial charge in [0.05, 0.1) is 0 Å². The Balaban J connectivity index is 1.47. The van der Waals surface area contributed by atoms with Crippen LogP contribution in [0.1, 0.15) is 15.9 Å². The van der Waals surface area contributed by atoms with Crippen LogP contribution < -0.4 is 5.43 Å². The molecule has 1 N–H and O–H groups in total. The third kappa shape index (κ3) is 3.61. The Labute approximate surface area is 156 Å². The van der Waals surface area contributed by atoms with Crippen LogP contribution in [-0.4, -0.2) is 46.9 Å². The van der Waals surface area contributed by atoms with Gasteiger partial charge in [0.1, 0.15) is 11.4 Å². The van der Waals surface area contributed by atoms with E-state index in [-0.39, 0.29) is 16.9 Å². The minimum atomic E-state index is -0.493. The molecule has 1 aliphatic heterocycles. The Morgan fingerprint density at radius 3 is 2.52 bits per heavy atom. The SMILES string of the molecule is O=C(c1c[nH]c2ccc(F)cc2c1=O)N1CCN(Cc2ccccc2)CC1. The average Bonchev–Trinajstić information content (AvgIpc) is 2.70. The second kappa shape index (κ2) is 7.32. The van der Waals surface area contributed by atoms with Crippen LogP contribution in [0.25, 0.3) is 10.9 Å². The lowest BCUT2D eigenvalue weighted by Gasteiger charge is -2.34. The van der Waals surface area contributed by atoms with Crippen molar-refractivity contribution in [3.8, 4) is 0 Å². The molecule has 27 heavy (non-hydrogen) atoms. The first kappa shape index (κ1) is 17.4. The summed E-state index contributed by atoms with van der Waals surface area (Å²) in [6.07, 6.45) is 1.43. The summed E-state index contributed by atoms with van der Waals surface area (Å²) >= 11 is 0. The molecule has 0 aliphatic carbocycles. The summed E-state index contributed by atoms with van der Waals surface area (Å²) in [5.74, 6) is -0.797. The second-order valence-corrected chi connectivity index (χ2v) is 6.78. The largest absolute Gasteiger partial charge is 0.360 e. The second-order valence-electron chi connectivity index (χ2n) is 6.78. The fraction of sp³-hybridized carbons (Fsp3) is 0.238. The zero-order valence-corrected chi connectivity index (χ0v) is 14.8. The molecule has 1 aromatic heterocycles. The van der Waals surface area contributed by atoms with Crippen LogP contribution in [0.3, 0.4) is 0 Å². The number of piperazine rings is 1. The van der Waals surface area contributed by atoms with Crippen LogP contribution in [-0.2, 0) is 6.54 Å². The number of nitrogens with zero attached hydrogens (tertiary/aromatic N) is 2. The molecule has 4 rings (SSSR count). The predicted octanol–water partition coefficient (Wildman–Crippen LogP) is 2.63. The number of carbonyl (C=O) groups excluding carboxylic acids is 1. The van der Waals surface area contributed by atoms with E-state index in [1.807, 2.05) is 18.2 Å². The summed E-state index contributed by atoms with van der Waals surface area (Å²) in [5, 5.41) is 0.198. The van der Waals surface area contributed by atoms with Gasteiger partial charge in [-0.3, -0.25) is 14.5 Å². The molecule has 1 aliphatic rings. The van der Waals surface area contributed by atoms with Crippen molar-refractivity contribution >= 4 is 16.8 Å². The lowest BCUT2D eigenvalue weighted by atomic mass is 10.1. The molecule has 5 nitrogen and oxygen atoms in total. The zero-order valence-electron chi connectivity index (χ0n) is 14.8. The molecule has 0 radical (unpaired) electrons. The monoisotopic (exact) mass is 365 g/mol. The van der Waals surface area contributed by atoms with E-state index in [4.69, 9.17) is 0 Å². The van der Waals surface area contributed by atoms with Gasteiger partial charge in [-0.25, -0.2) is 4.39 Å². The summed E-state index contributed by atoms with van der Waals surface area (Å²) < 4.78 is 13.5. The molecule has 138 valence electrons. The summed E-state index contributed by atoms with van der Waals surface area (Å²) in [7, 11) is 0. The minimum Gasteiger partial charge on any atom is -0.360 e. The number of nitrogens with one attached hydrogen (secondary N) is 1. The van der Waals surface area contributed by atoms with Gasteiger partial charge in [-0.05, 0) is 23.8 Å². The number of aromatic nitrogens is 1. The van der Waals surface area contributed by atoms with Gasteiger partial charge in [-0.2, -0.15) is 0 Å². The van der Waals surface area contributed by atoms with E-state index in [0.717, 1.165) is 19.6 Å². The number of benzene rings is 2. The summed E-state index contributed by atoms with van der Waals surface area (Å²) in [4.78, 5) is 32.3. The fourth-order valence-electron chi connectivity index (χ4n) is 3.47. The van der Waals surface area contributed by atoms with E-state index < -0.39 is 11.2 Å². The van der Waals surface area contributed by atoms with Gasteiger partial charge in [-0.15, -0.1) is 0 Å². The number of H-pyrrole nitrogens is 1. The van der Waals surface area contributed by atoms with Crippen LogP contribution in [0.5, 0.6) is 0 Å². The maximum atomic E-state index is 13.5. The first-order valence-electron chi connectivity index (χ1n) is 8.98. The smallest absolute Gasteiger partial charge is 0.259 e. The average molecular weight is 365 g/mol. The number of hydrogen-bond acceptors (Lipinski definition) is 3. The number of halogens is 1. The first-order chi connectivity index (χ1) is 13.1. The van der Waals surface area contributed by atoms with Crippen LogP contribution in [0, 0.1) is 5.82 Å². The lowest BCUT2D eigenvalue weighted by molar-refractivity contribution is 0.0627. The highest BCUT2D eigenvalue weighted by atomic mass is 19.1. The molecule has 0 atom stereocenters. The topological polar surface area (TPSA) is 56.4 Å². The maximum absolute atomic E-state index is 13.5. The number of carbonyl (C=O) groups is 1. The first-order valence-corrected chi connectivity index (χ1v) is 8.98. The number of hydrogen-bond donors (Lipinski definition) is 1. The molecular formula is C21H20FN3O2. The van der Waals surface area contributed by atoms with Gasteiger partial charge in [0.15, 0.2) is 0 Å². The molecule has 2 heterocycles. The van der Waals surface area contributed by atoms with Crippen molar-refractivity contribution in [1.82, 2.24) is 14.8 Å². The Kier molecular flexibility index (Phi) is 4.73. The standard InChI is InChI=1S/C21H20FN3O2/c22-16-6-7-19-17(12-16)20(26)18(13-23-19)21(27)25-10-8-24(9-11-25)14-15-4-2-1-3-5-15/h1-7,12-13H,8-11,14H2,(H,23,26). The van der Waals surface area contributed by atoms with E-state index in [1.54, 1.807) is 4.90 Å². The van der Waals surface area contributed by atoms with Gasteiger partial charge in [-0.1, -0.05) is 30.3 Å². The van der Waals surface area contributed by atoms with Crippen LogP contribution in [0.2, 0.25) is 0 Å². The Morgan fingerprint density at radius 1 is 1.04 bits per heavy atom. The number of rotatable bonds is 3. The van der Waals surface area contributed by atoms with Gasteiger partial charge in [0.2, 0.25) is 5.43 Å². The van der Waals surface area contributed by atoms with E-state index in [2.05, 4.69) is 22.0 Å². The number of fused-ring (bicyclic) bond motifs is 1. The lowest BCUT2D eigenvalue weighted by Crippen LogP contribution is -2.49. The van der Waals surface area contributed by atoms with Crippen molar-refractivity contribution in [2.45, 2.75) is 6.54 Å². The minimum absolute atomic E-state index is 0.0598. The normalized spacial score (nSPS) is 15.2. The van der Waals surface area contributed by atoms with E-state index >= 15 is 0 Å². The maximum Gasteiger partial charge on any atom is 0.259 e. The molecule has 1 amide bonds. The van der Waals surface area contributed by atoms with Crippen molar-refractivity contribution in [3.63, 3.8) is 0 Å². The van der Waals surface area contributed by atoms with Gasteiger partial charge < -0.3 is 9.88 Å². The zero-order chi connectivity index (χ0) is 18.8. The molecule has 2 aromatic carbocycles. The number of pyridine rings is 1. The van der Waals surface area contributed by atoms with E-state index in [0.29, 0.717) is 18.6 Å². The molecule has 3 aromatic rings. The Morgan fingerprint density at radius 2 is 1.78 bits per heavy atom. The van der Waals surface area contributed by atoms with Crippen LogP contribution in [0.15, 0.2) is 59.5 Å². The molecule has 6 heteroatoms. The van der Waals surface area contributed by atoms with Gasteiger partial charge in [0.25, 0.3) is 5.91 Å². The molecule has 0 bridgehead atoms. The Hall–Kier alpha value is -2.99. The number of amides is 1. The molecule has 0 spiro atoms. The molecule has 0 saturated carbocycles. The highest BCUT2D eigenvalue weighted by Crippen LogP contribution is 2.13. The van der Waals surface area contributed by atoms with Crippen molar-refractivity contribution in [2.24, 2.45) is 0 Å². The highest BCUT2D eigenvalue weighted by molar-refractivity contribution is 5.97. The van der Waals surface area contributed by atoms with Gasteiger partial charge in [0, 0.05) is 49.8 Å². The predicted molar refractivity (Wildman–Crippen MR) is 102 cm³/mol.